The summed E-state index contributed by atoms with van der Waals surface area (Å²) in [5.41, 5.74) is 5.02. The smallest absolute Gasteiger partial charge is 0.303 e. The fourth-order valence-electron chi connectivity index (χ4n) is 2.81. The first kappa shape index (κ1) is 12.7. The molecule has 0 bridgehead atoms. The maximum absolute atomic E-state index is 10.7. The normalized spacial score (nSPS) is 12.7. The molecular formula is C17H17NO2. The van der Waals surface area contributed by atoms with Crippen LogP contribution in [0.25, 0.3) is 0 Å². The number of anilines is 2. The Morgan fingerprint density at radius 2 is 1.55 bits per heavy atom. The van der Waals surface area contributed by atoms with Crippen molar-refractivity contribution in [3.63, 3.8) is 0 Å². The molecule has 0 atom stereocenters. The third kappa shape index (κ3) is 2.39. The summed E-state index contributed by atoms with van der Waals surface area (Å²) in [5, 5.41) is 8.81. The van der Waals surface area contributed by atoms with Gasteiger partial charge >= 0.3 is 5.97 Å². The van der Waals surface area contributed by atoms with Gasteiger partial charge < -0.3 is 10.0 Å². The van der Waals surface area contributed by atoms with Gasteiger partial charge in [0.1, 0.15) is 0 Å². The van der Waals surface area contributed by atoms with Crippen LogP contribution in [0.5, 0.6) is 0 Å². The molecule has 0 saturated carbocycles. The number of carboxylic acid groups (broad SMARTS) is 1. The van der Waals surface area contributed by atoms with Crippen LogP contribution >= 0.6 is 0 Å². The first-order valence-corrected chi connectivity index (χ1v) is 6.91. The van der Waals surface area contributed by atoms with Crippen LogP contribution in [-0.4, -0.2) is 17.6 Å². The number of benzene rings is 2. The molecule has 0 unspecified atom stereocenters. The molecule has 2 aromatic carbocycles. The average molecular weight is 267 g/mol. The molecule has 0 radical (unpaired) electrons. The van der Waals surface area contributed by atoms with E-state index < -0.39 is 5.97 Å². The summed E-state index contributed by atoms with van der Waals surface area (Å²) in [5.74, 6) is -0.733. The minimum absolute atomic E-state index is 0.209. The van der Waals surface area contributed by atoms with Crippen LogP contribution in [0.4, 0.5) is 11.4 Å². The predicted octanol–water partition coefficient (Wildman–Crippen LogP) is 3.59. The zero-order chi connectivity index (χ0) is 13.9. The molecule has 0 fully saturated rings. The Bertz CT molecular complexity index is 591. The van der Waals surface area contributed by atoms with Gasteiger partial charge in [0, 0.05) is 30.8 Å². The Kier molecular flexibility index (Phi) is 3.42. The Balaban J connectivity index is 1.93. The van der Waals surface area contributed by atoms with Crippen molar-refractivity contribution in [2.45, 2.75) is 19.3 Å². The second-order valence-electron chi connectivity index (χ2n) is 5.08. The number of aliphatic carboxylic acids is 1. The van der Waals surface area contributed by atoms with Gasteiger partial charge in [0.25, 0.3) is 0 Å². The lowest BCUT2D eigenvalue weighted by Gasteiger charge is -2.33. The van der Waals surface area contributed by atoms with Gasteiger partial charge in [0.2, 0.25) is 0 Å². The van der Waals surface area contributed by atoms with Crippen LogP contribution in [0.3, 0.4) is 0 Å². The largest absolute Gasteiger partial charge is 0.481 e. The predicted molar refractivity (Wildman–Crippen MR) is 79.6 cm³/mol. The van der Waals surface area contributed by atoms with E-state index in [0.717, 1.165) is 13.0 Å². The van der Waals surface area contributed by atoms with E-state index in [2.05, 4.69) is 41.3 Å². The van der Waals surface area contributed by atoms with Gasteiger partial charge in [-0.15, -0.1) is 0 Å². The Hall–Kier alpha value is -2.29. The standard InChI is InChI=1S/C17H17NO2/c19-17(20)10-5-11-18-15-8-3-1-6-13(15)12-14-7-2-4-9-16(14)18/h1-4,6-9H,5,10-12H2,(H,19,20). The number of carbonyl (C=O) groups is 1. The Morgan fingerprint density at radius 3 is 2.10 bits per heavy atom. The van der Waals surface area contributed by atoms with E-state index in [0.29, 0.717) is 6.42 Å². The van der Waals surface area contributed by atoms with E-state index in [1.54, 1.807) is 0 Å². The lowest BCUT2D eigenvalue weighted by Crippen LogP contribution is -2.24. The van der Waals surface area contributed by atoms with Crippen molar-refractivity contribution in [2.75, 3.05) is 11.4 Å². The van der Waals surface area contributed by atoms with Crippen LogP contribution in [0.1, 0.15) is 24.0 Å². The molecule has 0 aromatic heterocycles. The summed E-state index contributed by atoms with van der Waals surface area (Å²) in [4.78, 5) is 13.0. The maximum atomic E-state index is 10.7. The molecular weight excluding hydrogens is 250 g/mol. The monoisotopic (exact) mass is 267 g/mol. The van der Waals surface area contributed by atoms with Crippen LogP contribution < -0.4 is 4.90 Å². The molecule has 1 N–H and O–H groups in total. The number of rotatable bonds is 4. The Labute approximate surface area is 118 Å². The van der Waals surface area contributed by atoms with E-state index in [-0.39, 0.29) is 6.42 Å². The fraction of sp³-hybridized carbons (Fsp3) is 0.235. The number of hydrogen-bond donors (Lipinski definition) is 1. The van der Waals surface area contributed by atoms with Gasteiger partial charge in [0.05, 0.1) is 0 Å². The van der Waals surface area contributed by atoms with Crippen molar-refractivity contribution < 1.29 is 9.90 Å². The highest BCUT2D eigenvalue weighted by molar-refractivity contribution is 5.74. The molecule has 0 spiro atoms. The second-order valence-corrected chi connectivity index (χ2v) is 5.08. The van der Waals surface area contributed by atoms with Crippen LogP contribution in [0, 0.1) is 0 Å². The number of para-hydroxylation sites is 2. The second kappa shape index (κ2) is 5.37. The summed E-state index contributed by atoms with van der Waals surface area (Å²) in [6.07, 6.45) is 1.81. The average Bonchev–Trinajstić information content (AvgIpc) is 2.46. The van der Waals surface area contributed by atoms with Crippen molar-refractivity contribution >= 4 is 17.3 Å². The van der Waals surface area contributed by atoms with Gasteiger partial charge in [-0.3, -0.25) is 4.79 Å². The molecule has 0 amide bonds. The van der Waals surface area contributed by atoms with Crippen LogP contribution in [-0.2, 0) is 11.2 Å². The lowest BCUT2D eigenvalue weighted by atomic mass is 9.95. The zero-order valence-corrected chi connectivity index (χ0v) is 11.2. The maximum Gasteiger partial charge on any atom is 0.303 e. The highest BCUT2D eigenvalue weighted by atomic mass is 16.4. The summed E-state index contributed by atoms with van der Waals surface area (Å²) in [7, 11) is 0. The number of nitrogens with zero attached hydrogens (tertiary/aromatic N) is 1. The summed E-state index contributed by atoms with van der Waals surface area (Å²) < 4.78 is 0. The minimum atomic E-state index is -0.733. The van der Waals surface area contributed by atoms with E-state index in [1.807, 2.05) is 12.1 Å². The molecule has 3 nitrogen and oxygen atoms in total. The van der Waals surface area contributed by atoms with E-state index in [4.69, 9.17) is 5.11 Å². The fourth-order valence-corrected chi connectivity index (χ4v) is 2.81. The first-order chi connectivity index (χ1) is 9.75. The van der Waals surface area contributed by atoms with Crippen molar-refractivity contribution in [3.8, 4) is 0 Å². The molecule has 3 rings (SSSR count). The first-order valence-electron chi connectivity index (χ1n) is 6.91. The van der Waals surface area contributed by atoms with Crippen molar-refractivity contribution in [2.24, 2.45) is 0 Å². The van der Waals surface area contributed by atoms with Gasteiger partial charge in [-0.2, -0.15) is 0 Å². The number of fused-ring (bicyclic) bond motifs is 2. The van der Waals surface area contributed by atoms with E-state index >= 15 is 0 Å². The molecule has 0 saturated heterocycles. The quantitative estimate of drug-likeness (QED) is 0.920. The van der Waals surface area contributed by atoms with Crippen LogP contribution in [0.2, 0.25) is 0 Å². The summed E-state index contributed by atoms with van der Waals surface area (Å²) >= 11 is 0. The molecule has 0 aliphatic carbocycles. The van der Waals surface area contributed by atoms with Gasteiger partial charge in [0.15, 0.2) is 0 Å². The van der Waals surface area contributed by atoms with Gasteiger partial charge in [-0.25, -0.2) is 0 Å². The molecule has 1 heterocycles. The third-order valence-corrected chi connectivity index (χ3v) is 3.72. The Morgan fingerprint density at radius 1 is 1.00 bits per heavy atom. The van der Waals surface area contributed by atoms with E-state index in [1.165, 1.54) is 22.5 Å². The van der Waals surface area contributed by atoms with Crippen molar-refractivity contribution in [3.05, 3.63) is 59.7 Å². The van der Waals surface area contributed by atoms with E-state index in [9.17, 15) is 4.79 Å². The third-order valence-electron chi connectivity index (χ3n) is 3.72. The summed E-state index contributed by atoms with van der Waals surface area (Å²) in [6.45, 7) is 0.736. The highest BCUT2D eigenvalue weighted by Gasteiger charge is 2.21. The molecule has 1 aliphatic rings. The minimum Gasteiger partial charge on any atom is -0.481 e. The topological polar surface area (TPSA) is 40.5 Å². The molecule has 2 aromatic rings. The lowest BCUT2D eigenvalue weighted by molar-refractivity contribution is -0.137. The molecule has 102 valence electrons. The highest BCUT2D eigenvalue weighted by Crippen LogP contribution is 2.38. The van der Waals surface area contributed by atoms with Crippen molar-refractivity contribution in [1.29, 1.82) is 0 Å². The van der Waals surface area contributed by atoms with Crippen molar-refractivity contribution in [1.82, 2.24) is 0 Å². The zero-order valence-electron chi connectivity index (χ0n) is 11.2. The molecule has 20 heavy (non-hydrogen) atoms. The SMILES string of the molecule is O=C(O)CCCN1c2ccccc2Cc2ccccc21. The van der Waals surface area contributed by atoms with Gasteiger partial charge in [-0.05, 0) is 29.7 Å². The molecule has 3 heteroatoms. The number of carboxylic acids is 1. The van der Waals surface area contributed by atoms with Crippen LogP contribution in [0.15, 0.2) is 48.5 Å². The molecule has 1 aliphatic heterocycles. The van der Waals surface area contributed by atoms with Gasteiger partial charge in [-0.1, -0.05) is 36.4 Å². The summed E-state index contributed by atoms with van der Waals surface area (Å²) in [6, 6.07) is 16.7. The number of hydrogen-bond acceptors (Lipinski definition) is 2.